The maximum Gasteiger partial charge on any atom is 0.329 e. The summed E-state index contributed by atoms with van der Waals surface area (Å²) in [6.07, 6.45) is 1.23. The molecule has 0 spiro atoms. The van der Waals surface area contributed by atoms with Gasteiger partial charge in [-0.1, -0.05) is 17.7 Å². The van der Waals surface area contributed by atoms with Crippen molar-refractivity contribution in [2.24, 2.45) is 0 Å². The summed E-state index contributed by atoms with van der Waals surface area (Å²) in [5.74, 6) is -0.727. The van der Waals surface area contributed by atoms with Gasteiger partial charge in [0.05, 0.1) is 12.1 Å². The van der Waals surface area contributed by atoms with E-state index in [9.17, 15) is 14.7 Å². The van der Waals surface area contributed by atoms with Gasteiger partial charge in [-0.2, -0.15) is 0 Å². The first-order chi connectivity index (χ1) is 11.0. The zero-order chi connectivity index (χ0) is 16.9. The van der Waals surface area contributed by atoms with Crippen molar-refractivity contribution in [1.29, 1.82) is 0 Å². The fourth-order valence-corrected chi connectivity index (χ4v) is 2.85. The van der Waals surface area contributed by atoms with Crippen LogP contribution < -0.4 is 10.1 Å². The van der Waals surface area contributed by atoms with E-state index in [1.165, 1.54) is 7.11 Å². The molecule has 1 amide bonds. The molecule has 0 unspecified atom stereocenters. The number of rotatable bonds is 6. The first-order valence-electron chi connectivity index (χ1n) is 7.41. The molecule has 1 aromatic rings. The maximum atomic E-state index is 12.1. The van der Waals surface area contributed by atoms with Gasteiger partial charge in [0.15, 0.2) is 0 Å². The quantitative estimate of drug-likeness (QED) is 0.827. The first kappa shape index (κ1) is 17.6. The number of carbonyl (C=O) groups is 2. The van der Waals surface area contributed by atoms with Crippen LogP contribution in [-0.4, -0.2) is 42.8 Å². The number of amides is 1. The van der Waals surface area contributed by atoms with Crippen molar-refractivity contribution >= 4 is 23.5 Å². The number of carboxylic acids is 1. The van der Waals surface area contributed by atoms with E-state index < -0.39 is 11.5 Å². The molecule has 23 heavy (non-hydrogen) atoms. The van der Waals surface area contributed by atoms with Gasteiger partial charge in [-0.3, -0.25) is 4.79 Å². The van der Waals surface area contributed by atoms with Gasteiger partial charge >= 0.3 is 5.97 Å². The number of carboxylic acid groups (broad SMARTS) is 1. The minimum Gasteiger partial charge on any atom is -0.495 e. The highest BCUT2D eigenvalue weighted by Crippen LogP contribution is 2.26. The van der Waals surface area contributed by atoms with Crippen LogP contribution in [-0.2, 0) is 20.7 Å². The fourth-order valence-electron chi connectivity index (χ4n) is 2.56. The Morgan fingerprint density at radius 3 is 2.65 bits per heavy atom. The third-order valence-electron chi connectivity index (χ3n) is 3.99. The van der Waals surface area contributed by atoms with Crippen molar-refractivity contribution in [3.05, 3.63) is 28.8 Å². The first-order valence-corrected chi connectivity index (χ1v) is 7.79. The van der Waals surface area contributed by atoms with E-state index in [1.54, 1.807) is 12.1 Å². The summed E-state index contributed by atoms with van der Waals surface area (Å²) >= 11 is 6.05. The van der Waals surface area contributed by atoms with Crippen LogP contribution in [0.5, 0.6) is 5.75 Å². The summed E-state index contributed by atoms with van der Waals surface area (Å²) in [5, 5.41) is 12.6. The molecule has 1 saturated heterocycles. The van der Waals surface area contributed by atoms with Crippen LogP contribution in [0.2, 0.25) is 5.02 Å². The van der Waals surface area contributed by atoms with Gasteiger partial charge in [0, 0.05) is 32.5 Å². The number of methoxy groups -OCH3 is 1. The van der Waals surface area contributed by atoms with Gasteiger partial charge in [0.1, 0.15) is 11.3 Å². The van der Waals surface area contributed by atoms with Crippen LogP contribution in [0.15, 0.2) is 18.2 Å². The van der Waals surface area contributed by atoms with Crippen molar-refractivity contribution in [1.82, 2.24) is 5.32 Å². The zero-order valence-electron chi connectivity index (χ0n) is 12.9. The Kier molecular flexibility index (Phi) is 5.85. The summed E-state index contributed by atoms with van der Waals surface area (Å²) in [5.41, 5.74) is -0.324. The lowest BCUT2D eigenvalue weighted by atomic mass is 9.90. The van der Waals surface area contributed by atoms with Crippen molar-refractivity contribution in [2.45, 2.75) is 31.2 Å². The number of carbonyl (C=O) groups excluding carboxylic acids is 1. The predicted molar refractivity (Wildman–Crippen MR) is 84.9 cm³/mol. The van der Waals surface area contributed by atoms with Gasteiger partial charge < -0.3 is 19.9 Å². The Hall–Kier alpha value is -1.79. The highest BCUT2D eigenvalue weighted by molar-refractivity contribution is 6.32. The number of ether oxygens (including phenoxy) is 2. The lowest BCUT2D eigenvalue weighted by Gasteiger charge is -2.33. The van der Waals surface area contributed by atoms with E-state index in [0.29, 0.717) is 30.4 Å². The minimum absolute atomic E-state index is 0.193. The molecule has 1 aliphatic heterocycles. The van der Waals surface area contributed by atoms with E-state index in [4.69, 9.17) is 21.1 Å². The third kappa shape index (κ3) is 4.36. The summed E-state index contributed by atoms with van der Waals surface area (Å²) in [4.78, 5) is 23.6. The van der Waals surface area contributed by atoms with Gasteiger partial charge in [0.25, 0.3) is 0 Å². The standard InChI is InChI=1S/C16H20ClNO5/c1-22-13-4-2-11(10-12(13)17)3-5-14(19)18-16(15(20)21)6-8-23-9-7-16/h2,4,10H,3,5-9H2,1H3,(H,18,19)(H,20,21). The van der Waals surface area contributed by atoms with Crippen molar-refractivity contribution < 1.29 is 24.2 Å². The zero-order valence-corrected chi connectivity index (χ0v) is 13.7. The normalized spacial score (nSPS) is 16.6. The Morgan fingerprint density at radius 1 is 1.39 bits per heavy atom. The number of aryl methyl sites for hydroxylation is 1. The van der Waals surface area contributed by atoms with Crippen LogP contribution in [0.4, 0.5) is 0 Å². The number of nitrogens with one attached hydrogen (secondary N) is 1. The monoisotopic (exact) mass is 341 g/mol. The molecule has 7 heteroatoms. The van der Waals surface area contributed by atoms with Crippen molar-refractivity contribution in [3.63, 3.8) is 0 Å². The molecular formula is C16H20ClNO5. The second-order valence-electron chi connectivity index (χ2n) is 5.52. The van der Waals surface area contributed by atoms with E-state index in [0.717, 1.165) is 5.56 Å². The molecule has 126 valence electrons. The predicted octanol–water partition coefficient (Wildman–Crippen LogP) is 2.03. The summed E-state index contributed by atoms with van der Waals surface area (Å²) in [7, 11) is 1.54. The molecular weight excluding hydrogens is 322 g/mol. The van der Waals surface area contributed by atoms with E-state index in [1.807, 2.05) is 6.07 Å². The highest BCUT2D eigenvalue weighted by Gasteiger charge is 2.41. The summed E-state index contributed by atoms with van der Waals surface area (Å²) < 4.78 is 10.3. The van der Waals surface area contributed by atoms with E-state index in [2.05, 4.69) is 5.32 Å². The maximum absolute atomic E-state index is 12.1. The van der Waals surface area contributed by atoms with Gasteiger partial charge in [-0.25, -0.2) is 4.79 Å². The molecule has 0 atom stereocenters. The lowest BCUT2D eigenvalue weighted by Crippen LogP contribution is -2.57. The third-order valence-corrected chi connectivity index (χ3v) is 4.29. The average Bonchev–Trinajstić information content (AvgIpc) is 2.54. The Bertz CT molecular complexity index is 584. The number of aliphatic carboxylic acids is 1. The van der Waals surface area contributed by atoms with Crippen LogP contribution in [0.25, 0.3) is 0 Å². The molecule has 1 aliphatic rings. The SMILES string of the molecule is COc1ccc(CCC(=O)NC2(C(=O)O)CCOCC2)cc1Cl. The molecule has 1 fully saturated rings. The largest absolute Gasteiger partial charge is 0.495 e. The smallest absolute Gasteiger partial charge is 0.329 e. The number of halogens is 1. The van der Waals surface area contributed by atoms with Crippen molar-refractivity contribution in [3.8, 4) is 5.75 Å². The molecule has 0 aliphatic carbocycles. The second-order valence-corrected chi connectivity index (χ2v) is 5.92. The van der Waals surface area contributed by atoms with Crippen molar-refractivity contribution in [2.75, 3.05) is 20.3 Å². The van der Waals surface area contributed by atoms with E-state index in [-0.39, 0.29) is 25.2 Å². The molecule has 2 rings (SSSR count). The summed E-state index contributed by atoms with van der Waals surface area (Å²) in [6, 6.07) is 5.32. The molecule has 2 N–H and O–H groups in total. The molecule has 0 bridgehead atoms. The van der Waals surface area contributed by atoms with E-state index >= 15 is 0 Å². The lowest BCUT2D eigenvalue weighted by molar-refractivity contribution is -0.152. The Labute approximate surface area is 139 Å². The highest BCUT2D eigenvalue weighted by atomic mass is 35.5. The summed E-state index contributed by atoms with van der Waals surface area (Å²) in [6.45, 7) is 0.668. The van der Waals surface area contributed by atoms with Crippen LogP contribution in [0.1, 0.15) is 24.8 Å². The topological polar surface area (TPSA) is 84.9 Å². The minimum atomic E-state index is -1.22. The molecule has 0 saturated carbocycles. The molecule has 1 aromatic carbocycles. The number of hydrogen-bond acceptors (Lipinski definition) is 4. The van der Waals surface area contributed by atoms with Crippen LogP contribution in [0, 0.1) is 0 Å². The molecule has 0 aromatic heterocycles. The van der Waals surface area contributed by atoms with Gasteiger partial charge in [-0.15, -0.1) is 0 Å². The Morgan fingerprint density at radius 2 is 2.09 bits per heavy atom. The van der Waals surface area contributed by atoms with Gasteiger partial charge in [-0.05, 0) is 24.1 Å². The van der Waals surface area contributed by atoms with Crippen LogP contribution >= 0.6 is 11.6 Å². The van der Waals surface area contributed by atoms with Gasteiger partial charge in [0.2, 0.25) is 5.91 Å². The number of benzene rings is 1. The fraction of sp³-hybridized carbons (Fsp3) is 0.500. The van der Waals surface area contributed by atoms with Crippen LogP contribution in [0.3, 0.4) is 0 Å². The average molecular weight is 342 g/mol. The number of hydrogen-bond donors (Lipinski definition) is 2. The molecule has 0 radical (unpaired) electrons. The second kappa shape index (κ2) is 7.66. The molecule has 6 nitrogen and oxygen atoms in total. The Balaban J connectivity index is 1.94. The molecule has 1 heterocycles.